The van der Waals surface area contributed by atoms with Crippen LogP contribution in [0.1, 0.15) is 11.1 Å². The highest BCUT2D eigenvalue weighted by molar-refractivity contribution is 7.91. The van der Waals surface area contributed by atoms with E-state index in [4.69, 9.17) is 0 Å². The predicted molar refractivity (Wildman–Crippen MR) is 83.7 cm³/mol. The Morgan fingerprint density at radius 1 is 1.09 bits per heavy atom. The summed E-state index contributed by atoms with van der Waals surface area (Å²) in [6.07, 6.45) is 0. The van der Waals surface area contributed by atoms with Crippen LogP contribution >= 0.6 is 0 Å². The second kappa shape index (κ2) is 6.70. The summed E-state index contributed by atoms with van der Waals surface area (Å²) in [4.78, 5) is 11.8. The minimum Gasteiger partial charge on any atom is -0.323 e. The van der Waals surface area contributed by atoms with Gasteiger partial charge in [0.1, 0.15) is 11.6 Å². The molecular weight excluding hydrogens is 305 g/mol. The number of hydrogen-bond donors (Lipinski definition) is 1. The lowest BCUT2D eigenvalue weighted by molar-refractivity contribution is -0.113. The normalized spacial score (nSPS) is 11.2. The van der Waals surface area contributed by atoms with Crippen LogP contribution in [-0.2, 0) is 20.4 Å². The van der Waals surface area contributed by atoms with Crippen LogP contribution in [-0.4, -0.2) is 20.1 Å². The highest BCUT2D eigenvalue weighted by atomic mass is 32.2. The van der Waals surface area contributed by atoms with Gasteiger partial charge in [0.2, 0.25) is 5.91 Å². The number of rotatable bonds is 5. The summed E-state index contributed by atoms with van der Waals surface area (Å²) in [5.74, 6) is -2.27. The average molecular weight is 321 g/mol. The zero-order valence-electron chi connectivity index (χ0n) is 12.0. The standard InChI is InChI=1S/C16H16FNO3S/c1-12-6-8-13(9-7-12)10-22(20,21)11-16(19)18-15-5-3-2-4-14(15)17/h2-9H,10-11H2,1H3,(H,18,19). The molecule has 1 amide bonds. The van der Waals surface area contributed by atoms with Crippen molar-refractivity contribution >= 4 is 21.4 Å². The molecule has 22 heavy (non-hydrogen) atoms. The van der Waals surface area contributed by atoms with E-state index >= 15 is 0 Å². The molecule has 0 atom stereocenters. The smallest absolute Gasteiger partial charge is 0.239 e. The maximum absolute atomic E-state index is 13.4. The van der Waals surface area contributed by atoms with Crippen LogP contribution in [0, 0.1) is 12.7 Å². The molecule has 0 aromatic heterocycles. The number of carbonyl (C=O) groups excluding carboxylic acids is 1. The average Bonchev–Trinajstić information content (AvgIpc) is 2.43. The number of para-hydroxylation sites is 1. The van der Waals surface area contributed by atoms with Gasteiger partial charge in [0, 0.05) is 0 Å². The molecule has 2 aromatic carbocycles. The number of aryl methyl sites for hydroxylation is 1. The quantitative estimate of drug-likeness (QED) is 0.921. The van der Waals surface area contributed by atoms with Gasteiger partial charge in [0.25, 0.3) is 0 Å². The van der Waals surface area contributed by atoms with Crippen LogP contribution in [0.3, 0.4) is 0 Å². The van der Waals surface area contributed by atoms with E-state index in [0.29, 0.717) is 5.56 Å². The van der Waals surface area contributed by atoms with Gasteiger partial charge in [-0.1, -0.05) is 42.0 Å². The van der Waals surface area contributed by atoms with Gasteiger partial charge in [0.15, 0.2) is 9.84 Å². The minimum atomic E-state index is -3.61. The zero-order valence-corrected chi connectivity index (χ0v) is 12.9. The summed E-state index contributed by atoms with van der Waals surface area (Å²) in [5.41, 5.74) is 1.61. The molecular formula is C16H16FNO3S. The van der Waals surface area contributed by atoms with Gasteiger partial charge in [-0.05, 0) is 24.6 Å². The molecule has 0 aliphatic rings. The number of benzene rings is 2. The van der Waals surface area contributed by atoms with E-state index in [-0.39, 0.29) is 11.4 Å². The van der Waals surface area contributed by atoms with E-state index in [2.05, 4.69) is 5.32 Å². The molecule has 2 rings (SSSR count). The fraction of sp³-hybridized carbons (Fsp3) is 0.188. The third-order valence-electron chi connectivity index (χ3n) is 3.01. The van der Waals surface area contributed by atoms with Crippen molar-refractivity contribution in [1.29, 1.82) is 0 Å². The highest BCUT2D eigenvalue weighted by Crippen LogP contribution is 2.13. The monoisotopic (exact) mass is 321 g/mol. The van der Waals surface area contributed by atoms with Gasteiger partial charge in [-0.25, -0.2) is 12.8 Å². The number of carbonyl (C=O) groups is 1. The first-order valence-corrected chi connectivity index (χ1v) is 8.48. The summed E-state index contributed by atoms with van der Waals surface area (Å²) >= 11 is 0. The summed E-state index contributed by atoms with van der Waals surface area (Å²) in [5, 5.41) is 2.27. The number of sulfone groups is 1. The van der Waals surface area contributed by atoms with Crippen molar-refractivity contribution in [2.24, 2.45) is 0 Å². The summed E-state index contributed by atoms with van der Waals surface area (Å²) < 4.78 is 37.4. The Morgan fingerprint density at radius 2 is 1.73 bits per heavy atom. The minimum absolute atomic E-state index is 0.0296. The summed E-state index contributed by atoms with van der Waals surface area (Å²) in [6, 6.07) is 12.6. The molecule has 0 aliphatic carbocycles. The van der Waals surface area contributed by atoms with Crippen LogP contribution < -0.4 is 5.32 Å². The Labute approximate surface area is 128 Å². The van der Waals surface area contributed by atoms with Crippen molar-refractivity contribution in [2.45, 2.75) is 12.7 Å². The first-order valence-electron chi connectivity index (χ1n) is 6.66. The number of hydrogen-bond acceptors (Lipinski definition) is 3. The van der Waals surface area contributed by atoms with Crippen LogP contribution in [0.5, 0.6) is 0 Å². The molecule has 0 bridgehead atoms. The van der Waals surface area contributed by atoms with Gasteiger partial charge in [0.05, 0.1) is 11.4 Å². The first kappa shape index (κ1) is 16.2. The molecule has 0 aliphatic heterocycles. The molecule has 0 unspecified atom stereocenters. The third kappa shape index (κ3) is 4.66. The fourth-order valence-corrected chi connectivity index (χ4v) is 3.21. The van der Waals surface area contributed by atoms with Gasteiger partial charge < -0.3 is 5.32 Å². The molecule has 0 saturated carbocycles. The Hall–Kier alpha value is -2.21. The molecule has 0 saturated heterocycles. The Balaban J connectivity index is 2.01. The van der Waals surface area contributed by atoms with E-state index in [1.165, 1.54) is 18.2 Å². The summed E-state index contributed by atoms with van der Waals surface area (Å²) in [7, 11) is -3.61. The number of amides is 1. The van der Waals surface area contributed by atoms with Crippen LogP contribution in [0.15, 0.2) is 48.5 Å². The van der Waals surface area contributed by atoms with E-state index in [0.717, 1.165) is 5.56 Å². The highest BCUT2D eigenvalue weighted by Gasteiger charge is 2.18. The second-order valence-corrected chi connectivity index (χ2v) is 7.11. The van der Waals surface area contributed by atoms with E-state index < -0.39 is 27.3 Å². The maximum Gasteiger partial charge on any atom is 0.239 e. The van der Waals surface area contributed by atoms with E-state index in [1.54, 1.807) is 18.2 Å². The second-order valence-electron chi connectivity index (χ2n) is 5.05. The molecule has 0 heterocycles. The molecule has 6 heteroatoms. The van der Waals surface area contributed by atoms with Crippen molar-refractivity contribution in [3.05, 3.63) is 65.5 Å². The van der Waals surface area contributed by atoms with Crippen LogP contribution in [0.4, 0.5) is 10.1 Å². The molecule has 4 nitrogen and oxygen atoms in total. The predicted octanol–water partition coefficient (Wildman–Crippen LogP) is 2.69. The number of nitrogens with one attached hydrogen (secondary N) is 1. The first-order chi connectivity index (χ1) is 10.4. The largest absolute Gasteiger partial charge is 0.323 e. The lowest BCUT2D eigenvalue weighted by Crippen LogP contribution is -2.24. The van der Waals surface area contributed by atoms with Crippen LogP contribution in [0.25, 0.3) is 0 Å². The molecule has 116 valence electrons. The molecule has 0 fully saturated rings. The van der Waals surface area contributed by atoms with Gasteiger partial charge >= 0.3 is 0 Å². The Morgan fingerprint density at radius 3 is 2.36 bits per heavy atom. The Bertz CT molecular complexity index is 770. The SMILES string of the molecule is Cc1ccc(CS(=O)(=O)CC(=O)Nc2ccccc2F)cc1. The van der Waals surface area contributed by atoms with Gasteiger partial charge in [-0.2, -0.15) is 0 Å². The van der Waals surface area contributed by atoms with Crippen LogP contribution in [0.2, 0.25) is 0 Å². The van der Waals surface area contributed by atoms with Crippen molar-refractivity contribution in [2.75, 3.05) is 11.1 Å². The molecule has 2 aromatic rings. The lowest BCUT2D eigenvalue weighted by atomic mass is 10.2. The molecule has 1 N–H and O–H groups in total. The van der Waals surface area contributed by atoms with E-state index in [1.807, 2.05) is 19.1 Å². The fourth-order valence-electron chi connectivity index (χ4n) is 1.94. The van der Waals surface area contributed by atoms with Gasteiger partial charge in [-0.15, -0.1) is 0 Å². The number of halogens is 1. The van der Waals surface area contributed by atoms with Crippen molar-refractivity contribution < 1.29 is 17.6 Å². The zero-order chi connectivity index (χ0) is 16.2. The molecule has 0 radical (unpaired) electrons. The summed E-state index contributed by atoms with van der Waals surface area (Å²) in [6.45, 7) is 1.90. The molecule has 0 spiro atoms. The van der Waals surface area contributed by atoms with Crippen molar-refractivity contribution in [1.82, 2.24) is 0 Å². The number of anilines is 1. The maximum atomic E-state index is 13.4. The van der Waals surface area contributed by atoms with Gasteiger partial charge in [-0.3, -0.25) is 4.79 Å². The lowest BCUT2D eigenvalue weighted by Gasteiger charge is -2.07. The topological polar surface area (TPSA) is 63.2 Å². The van der Waals surface area contributed by atoms with Crippen molar-refractivity contribution in [3.63, 3.8) is 0 Å². The van der Waals surface area contributed by atoms with E-state index in [9.17, 15) is 17.6 Å². The van der Waals surface area contributed by atoms with Crippen molar-refractivity contribution in [3.8, 4) is 0 Å². The third-order valence-corrected chi connectivity index (χ3v) is 4.48. The Kier molecular flexibility index (Phi) is 4.92.